The molecule has 2 heterocycles. The van der Waals surface area contributed by atoms with Crippen LogP contribution in [0.25, 0.3) is 0 Å². The lowest BCUT2D eigenvalue weighted by atomic mass is 10.3. The molecule has 21 heavy (non-hydrogen) atoms. The molecule has 3 rings (SSSR count). The predicted molar refractivity (Wildman–Crippen MR) is 87.8 cm³/mol. The van der Waals surface area contributed by atoms with Crippen LogP contribution in [0.4, 0.5) is 5.69 Å². The zero-order chi connectivity index (χ0) is 14.8. The fourth-order valence-corrected chi connectivity index (χ4v) is 3.31. The monoisotopic (exact) mass is 318 g/mol. The number of carbonyl (C=O) groups is 1. The Hall–Kier alpha value is -1.92. The average molecular weight is 318 g/mol. The molecule has 1 saturated heterocycles. The molecule has 1 aromatic heterocycles. The van der Waals surface area contributed by atoms with Crippen molar-refractivity contribution in [1.29, 1.82) is 0 Å². The molecule has 0 bridgehead atoms. The molecular formula is C15H14N2O2S2. The Morgan fingerprint density at radius 2 is 2.05 bits per heavy atom. The summed E-state index contributed by atoms with van der Waals surface area (Å²) in [5.74, 6) is 0.758. The van der Waals surface area contributed by atoms with Crippen LogP contribution in [0.3, 0.4) is 0 Å². The molecule has 0 N–H and O–H groups in total. The van der Waals surface area contributed by atoms with Gasteiger partial charge in [0.1, 0.15) is 12.3 Å². The molecule has 2 aromatic rings. The van der Waals surface area contributed by atoms with Gasteiger partial charge in [-0.3, -0.25) is 9.69 Å². The van der Waals surface area contributed by atoms with Gasteiger partial charge in [0.05, 0.1) is 19.3 Å². The number of thiocarbonyl (C=S) groups is 1. The second-order valence-electron chi connectivity index (χ2n) is 4.65. The van der Waals surface area contributed by atoms with Crippen LogP contribution in [-0.2, 0) is 11.3 Å². The second kappa shape index (κ2) is 5.83. The number of rotatable bonds is 4. The van der Waals surface area contributed by atoms with Gasteiger partial charge in [-0.05, 0) is 47.9 Å². The first-order valence-corrected chi connectivity index (χ1v) is 7.76. The quantitative estimate of drug-likeness (QED) is 0.812. The Morgan fingerprint density at radius 1 is 1.29 bits per heavy atom. The van der Waals surface area contributed by atoms with Gasteiger partial charge in [0.2, 0.25) is 0 Å². The van der Waals surface area contributed by atoms with Crippen LogP contribution in [0.15, 0.2) is 41.8 Å². The minimum atomic E-state index is 0.00160. The van der Waals surface area contributed by atoms with Crippen molar-refractivity contribution in [2.45, 2.75) is 6.54 Å². The van der Waals surface area contributed by atoms with Gasteiger partial charge in [-0.15, -0.1) is 11.3 Å². The number of methoxy groups -OCH3 is 1. The fraction of sp³-hybridized carbons (Fsp3) is 0.200. The van der Waals surface area contributed by atoms with E-state index in [4.69, 9.17) is 17.0 Å². The van der Waals surface area contributed by atoms with E-state index in [0.717, 1.165) is 11.4 Å². The summed E-state index contributed by atoms with van der Waals surface area (Å²) in [4.78, 5) is 17.0. The number of ether oxygens (including phenoxy) is 1. The van der Waals surface area contributed by atoms with Crippen LogP contribution in [0.1, 0.15) is 4.88 Å². The molecule has 108 valence electrons. The summed E-state index contributed by atoms with van der Waals surface area (Å²) in [5.41, 5.74) is 0.777. The summed E-state index contributed by atoms with van der Waals surface area (Å²) in [7, 11) is 1.61. The summed E-state index contributed by atoms with van der Waals surface area (Å²) >= 11 is 7.13. The molecule has 1 aliphatic rings. The normalized spacial score (nSPS) is 14.9. The van der Waals surface area contributed by atoms with Gasteiger partial charge in [-0.25, -0.2) is 0 Å². The highest BCUT2D eigenvalue weighted by atomic mass is 32.1. The van der Waals surface area contributed by atoms with Crippen molar-refractivity contribution in [1.82, 2.24) is 4.90 Å². The van der Waals surface area contributed by atoms with Crippen LogP contribution in [0.2, 0.25) is 0 Å². The molecule has 0 unspecified atom stereocenters. The van der Waals surface area contributed by atoms with Gasteiger partial charge in [0.25, 0.3) is 5.91 Å². The van der Waals surface area contributed by atoms with E-state index < -0.39 is 0 Å². The fourth-order valence-electron chi connectivity index (χ4n) is 2.25. The first-order chi connectivity index (χ1) is 10.2. The number of carbonyl (C=O) groups excluding carboxylic acids is 1. The third-order valence-corrected chi connectivity index (χ3v) is 4.60. The third-order valence-electron chi connectivity index (χ3n) is 3.29. The van der Waals surface area contributed by atoms with Gasteiger partial charge < -0.3 is 9.64 Å². The minimum absolute atomic E-state index is 0.00160. The largest absolute Gasteiger partial charge is 0.497 e. The lowest BCUT2D eigenvalue weighted by molar-refractivity contribution is -0.116. The number of hydrogen-bond acceptors (Lipinski definition) is 4. The zero-order valence-corrected chi connectivity index (χ0v) is 13.1. The highest BCUT2D eigenvalue weighted by molar-refractivity contribution is 7.80. The van der Waals surface area contributed by atoms with Crippen LogP contribution in [-0.4, -0.2) is 29.6 Å². The number of thiophene rings is 1. The number of benzene rings is 1. The Balaban J connectivity index is 1.79. The van der Waals surface area contributed by atoms with Crippen molar-refractivity contribution >= 4 is 40.3 Å². The van der Waals surface area contributed by atoms with Crippen molar-refractivity contribution in [2.75, 3.05) is 18.6 Å². The molecule has 1 aliphatic heterocycles. The number of amides is 1. The third kappa shape index (κ3) is 2.77. The van der Waals surface area contributed by atoms with Crippen molar-refractivity contribution in [2.24, 2.45) is 0 Å². The lowest BCUT2D eigenvalue weighted by Crippen LogP contribution is -2.32. The van der Waals surface area contributed by atoms with Crippen LogP contribution >= 0.6 is 23.6 Å². The molecule has 1 amide bonds. The Kier molecular flexibility index (Phi) is 3.90. The van der Waals surface area contributed by atoms with E-state index in [1.807, 2.05) is 46.7 Å². The highest BCUT2D eigenvalue weighted by Crippen LogP contribution is 2.25. The summed E-state index contributed by atoms with van der Waals surface area (Å²) in [6.07, 6.45) is 0. The van der Waals surface area contributed by atoms with Crippen molar-refractivity contribution in [3.8, 4) is 5.75 Å². The van der Waals surface area contributed by atoms with Gasteiger partial charge in [0.15, 0.2) is 5.11 Å². The first kappa shape index (κ1) is 14.0. The Morgan fingerprint density at radius 3 is 2.67 bits per heavy atom. The summed E-state index contributed by atoms with van der Waals surface area (Å²) in [6, 6.07) is 11.4. The molecule has 0 spiro atoms. The van der Waals surface area contributed by atoms with Crippen molar-refractivity contribution in [3.63, 3.8) is 0 Å². The maximum atomic E-state index is 12.2. The summed E-state index contributed by atoms with van der Waals surface area (Å²) < 4.78 is 5.13. The van der Waals surface area contributed by atoms with Crippen molar-refractivity contribution < 1.29 is 9.53 Å². The standard InChI is InChI=1S/C15H14N2O2S2/c1-19-12-6-4-11(5-7-12)17-14(18)10-16(15(17)20)9-13-3-2-8-21-13/h2-8H,9-10H2,1H3. The molecule has 1 fully saturated rings. The minimum Gasteiger partial charge on any atom is -0.497 e. The summed E-state index contributed by atoms with van der Waals surface area (Å²) in [6.45, 7) is 0.998. The van der Waals surface area contributed by atoms with Crippen LogP contribution < -0.4 is 9.64 Å². The maximum Gasteiger partial charge on any atom is 0.252 e. The molecule has 0 radical (unpaired) electrons. The highest BCUT2D eigenvalue weighted by Gasteiger charge is 2.33. The van der Waals surface area contributed by atoms with E-state index in [0.29, 0.717) is 18.2 Å². The van der Waals surface area contributed by atoms with E-state index in [1.54, 1.807) is 23.3 Å². The van der Waals surface area contributed by atoms with E-state index in [9.17, 15) is 4.79 Å². The molecule has 4 nitrogen and oxygen atoms in total. The second-order valence-corrected chi connectivity index (χ2v) is 6.04. The molecule has 0 atom stereocenters. The Labute approximate surface area is 132 Å². The molecule has 1 aromatic carbocycles. The number of anilines is 1. The van der Waals surface area contributed by atoms with Gasteiger partial charge >= 0.3 is 0 Å². The predicted octanol–water partition coefficient (Wildman–Crippen LogP) is 2.89. The number of hydrogen-bond donors (Lipinski definition) is 0. The van der Waals surface area contributed by atoms with E-state index >= 15 is 0 Å². The molecule has 6 heteroatoms. The molecule has 0 aliphatic carbocycles. The first-order valence-electron chi connectivity index (χ1n) is 6.47. The lowest BCUT2D eigenvalue weighted by Gasteiger charge is -2.20. The van der Waals surface area contributed by atoms with Crippen LogP contribution in [0, 0.1) is 0 Å². The molecular weight excluding hydrogens is 304 g/mol. The molecule has 0 saturated carbocycles. The average Bonchev–Trinajstić information content (AvgIpc) is 3.09. The topological polar surface area (TPSA) is 32.8 Å². The number of nitrogens with zero attached hydrogens (tertiary/aromatic N) is 2. The maximum absolute atomic E-state index is 12.2. The van der Waals surface area contributed by atoms with Crippen molar-refractivity contribution in [3.05, 3.63) is 46.7 Å². The van der Waals surface area contributed by atoms with E-state index in [2.05, 4.69) is 0 Å². The van der Waals surface area contributed by atoms with Gasteiger partial charge in [-0.1, -0.05) is 6.07 Å². The Bertz CT molecular complexity index is 653. The summed E-state index contributed by atoms with van der Waals surface area (Å²) in [5, 5.41) is 2.58. The van der Waals surface area contributed by atoms with Gasteiger partial charge in [-0.2, -0.15) is 0 Å². The SMILES string of the molecule is COc1ccc(N2C(=O)CN(Cc3cccs3)C2=S)cc1. The smallest absolute Gasteiger partial charge is 0.252 e. The van der Waals surface area contributed by atoms with Gasteiger partial charge in [0, 0.05) is 4.88 Å². The zero-order valence-electron chi connectivity index (χ0n) is 11.5. The van der Waals surface area contributed by atoms with E-state index in [1.165, 1.54) is 4.88 Å². The van der Waals surface area contributed by atoms with E-state index in [-0.39, 0.29) is 5.91 Å². The van der Waals surface area contributed by atoms with Crippen LogP contribution in [0.5, 0.6) is 5.75 Å².